The second-order valence-electron chi connectivity index (χ2n) is 4.81. The van der Waals surface area contributed by atoms with Crippen LogP contribution in [-0.2, 0) is 0 Å². The highest BCUT2D eigenvalue weighted by atomic mass is 32.2. The number of aliphatic hydroxyl groups excluding tert-OH is 1. The Morgan fingerprint density at radius 2 is 1.84 bits per heavy atom. The van der Waals surface area contributed by atoms with Crippen molar-refractivity contribution in [2.75, 3.05) is 0 Å². The summed E-state index contributed by atoms with van der Waals surface area (Å²) in [4.78, 5) is 0.900. The van der Waals surface area contributed by atoms with E-state index in [1.807, 2.05) is 51.1 Å². The van der Waals surface area contributed by atoms with E-state index in [9.17, 15) is 13.9 Å². The maximum Gasteiger partial charge on any atom is 0.265 e. The standard InChI is InChI=1S/C15H20F2OS/c1-10(2)4-9-13(14(18)15(16)17)19-12-7-5-11(3)6-8-12/h4-8,13-15,18H,9H2,1-3H3/t13-,14+/m0/s1. The van der Waals surface area contributed by atoms with Crippen LogP contribution >= 0.6 is 11.8 Å². The monoisotopic (exact) mass is 286 g/mol. The van der Waals surface area contributed by atoms with Gasteiger partial charge in [-0.05, 0) is 39.3 Å². The summed E-state index contributed by atoms with van der Waals surface area (Å²) >= 11 is 1.30. The van der Waals surface area contributed by atoms with Gasteiger partial charge < -0.3 is 5.11 Å². The lowest BCUT2D eigenvalue weighted by Crippen LogP contribution is -2.30. The fourth-order valence-electron chi connectivity index (χ4n) is 1.56. The SMILES string of the molecule is CC(C)=CC[C@H](Sc1ccc(C)cc1)[C@@H](O)C(F)F. The maximum atomic E-state index is 12.7. The van der Waals surface area contributed by atoms with Gasteiger partial charge in [-0.2, -0.15) is 0 Å². The minimum Gasteiger partial charge on any atom is -0.386 e. The summed E-state index contributed by atoms with van der Waals surface area (Å²) in [7, 11) is 0. The molecule has 0 saturated heterocycles. The molecule has 0 bridgehead atoms. The van der Waals surface area contributed by atoms with E-state index < -0.39 is 17.8 Å². The quantitative estimate of drug-likeness (QED) is 0.616. The maximum absolute atomic E-state index is 12.7. The van der Waals surface area contributed by atoms with Crippen molar-refractivity contribution in [3.8, 4) is 0 Å². The molecule has 0 spiro atoms. The number of rotatable bonds is 6. The van der Waals surface area contributed by atoms with E-state index >= 15 is 0 Å². The first-order valence-electron chi connectivity index (χ1n) is 6.23. The molecule has 0 aliphatic carbocycles. The molecule has 1 nitrogen and oxygen atoms in total. The molecule has 2 atom stereocenters. The van der Waals surface area contributed by atoms with Crippen LogP contribution in [0.1, 0.15) is 25.8 Å². The summed E-state index contributed by atoms with van der Waals surface area (Å²) in [5.74, 6) is 0. The summed E-state index contributed by atoms with van der Waals surface area (Å²) in [6.07, 6.45) is -2.00. The van der Waals surface area contributed by atoms with Crippen molar-refractivity contribution in [1.29, 1.82) is 0 Å². The molecule has 0 fully saturated rings. The fraction of sp³-hybridized carbons (Fsp3) is 0.467. The molecule has 1 aromatic rings. The largest absolute Gasteiger partial charge is 0.386 e. The van der Waals surface area contributed by atoms with Gasteiger partial charge in [0.2, 0.25) is 0 Å². The van der Waals surface area contributed by atoms with Gasteiger partial charge in [0.05, 0.1) is 0 Å². The Balaban J connectivity index is 2.78. The number of aliphatic hydroxyl groups is 1. The molecule has 0 amide bonds. The number of halogens is 2. The van der Waals surface area contributed by atoms with E-state index in [4.69, 9.17) is 0 Å². The van der Waals surface area contributed by atoms with Crippen LogP contribution in [0.15, 0.2) is 40.8 Å². The second kappa shape index (κ2) is 7.65. The van der Waals surface area contributed by atoms with Crippen LogP contribution in [0.4, 0.5) is 8.78 Å². The van der Waals surface area contributed by atoms with Gasteiger partial charge in [-0.25, -0.2) is 8.78 Å². The van der Waals surface area contributed by atoms with Gasteiger partial charge in [-0.1, -0.05) is 29.3 Å². The zero-order valence-electron chi connectivity index (χ0n) is 11.4. The van der Waals surface area contributed by atoms with Gasteiger partial charge in [0.1, 0.15) is 6.10 Å². The highest BCUT2D eigenvalue weighted by Gasteiger charge is 2.27. The number of allylic oxidation sites excluding steroid dienone is 2. The van der Waals surface area contributed by atoms with Gasteiger partial charge >= 0.3 is 0 Å². The zero-order valence-corrected chi connectivity index (χ0v) is 12.3. The summed E-state index contributed by atoms with van der Waals surface area (Å²) in [5.41, 5.74) is 2.19. The molecule has 0 unspecified atom stereocenters. The Labute approximate surface area is 117 Å². The third-order valence-corrected chi connectivity index (χ3v) is 4.02. The van der Waals surface area contributed by atoms with Crippen LogP contribution in [0.25, 0.3) is 0 Å². The topological polar surface area (TPSA) is 20.2 Å². The molecule has 1 aromatic carbocycles. The average Bonchev–Trinajstić information content (AvgIpc) is 2.35. The third kappa shape index (κ3) is 5.74. The Hall–Kier alpha value is -0.870. The summed E-state index contributed by atoms with van der Waals surface area (Å²) in [5, 5.41) is 9.08. The number of alkyl halides is 2. The highest BCUT2D eigenvalue weighted by Crippen LogP contribution is 2.30. The minimum absolute atomic E-state index is 0.437. The van der Waals surface area contributed by atoms with Crippen LogP contribution in [0, 0.1) is 6.92 Å². The minimum atomic E-state index is -2.71. The Bertz CT molecular complexity index is 411. The fourth-order valence-corrected chi connectivity index (χ4v) is 2.66. The molecule has 106 valence electrons. The van der Waals surface area contributed by atoms with Gasteiger partial charge in [0.25, 0.3) is 6.43 Å². The molecule has 0 aromatic heterocycles. The van der Waals surface area contributed by atoms with E-state index in [0.717, 1.165) is 16.0 Å². The molecular formula is C15H20F2OS. The molecule has 4 heteroatoms. The Kier molecular flexibility index (Phi) is 6.52. The lowest BCUT2D eigenvalue weighted by molar-refractivity contribution is -0.00460. The van der Waals surface area contributed by atoms with Crippen LogP contribution in [0.3, 0.4) is 0 Å². The van der Waals surface area contributed by atoms with E-state index in [1.54, 1.807) is 0 Å². The Morgan fingerprint density at radius 1 is 1.26 bits per heavy atom. The van der Waals surface area contributed by atoms with E-state index in [0.29, 0.717) is 6.42 Å². The predicted molar refractivity (Wildman–Crippen MR) is 76.9 cm³/mol. The normalized spacial score (nSPS) is 14.3. The number of hydrogen-bond donors (Lipinski definition) is 1. The number of benzene rings is 1. The lowest BCUT2D eigenvalue weighted by Gasteiger charge is -2.21. The van der Waals surface area contributed by atoms with Crippen LogP contribution < -0.4 is 0 Å². The van der Waals surface area contributed by atoms with Crippen molar-refractivity contribution in [1.82, 2.24) is 0 Å². The lowest BCUT2D eigenvalue weighted by atomic mass is 10.1. The van der Waals surface area contributed by atoms with Gasteiger partial charge in [0.15, 0.2) is 0 Å². The van der Waals surface area contributed by atoms with Crippen LogP contribution in [-0.4, -0.2) is 22.9 Å². The van der Waals surface area contributed by atoms with Gasteiger partial charge in [0, 0.05) is 10.1 Å². The average molecular weight is 286 g/mol. The Morgan fingerprint density at radius 3 is 2.32 bits per heavy atom. The first kappa shape index (κ1) is 16.2. The summed E-state index contributed by atoms with van der Waals surface area (Å²) in [6, 6.07) is 7.67. The second-order valence-corrected chi connectivity index (χ2v) is 6.12. The number of hydrogen-bond acceptors (Lipinski definition) is 2. The van der Waals surface area contributed by atoms with Gasteiger partial charge in [-0.3, -0.25) is 0 Å². The van der Waals surface area contributed by atoms with Crippen molar-refractivity contribution >= 4 is 11.8 Å². The molecule has 0 heterocycles. The number of thioether (sulfide) groups is 1. The van der Waals surface area contributed by atoms with E-state index in [1.165, 1.54) is 11.8 Å². The van der Waals surface area contributed by atoms with Crippen molar-refractivity contribution in [3.63, 3.8) is 0 Å². The number of aryl methyl sites for hydroxylation is 1. The first-order valence-corrected chi connectivity index (χ1v) is 7.11. The molecule has 0 aliphatic rings. The predicted octanol–water partition coefficient (Wildman–Crippen LogP) is 4.44. The smallest absolute Gasteiger partial charge is 0.265 e. The third-order valence-electron chi connectivity index (χ3n) is 2.71. The molecule has 1 N–H and O–H groups in total. The molecule has 0 radical (unpaired) electrons. The first-order chi connectivity index (χ1) is 8.90. The summed E-state index contributed by atoms with van der Waals surface area (Å²) < 4.78 is 25.4. The molecule has 19 heavy (non-hydrogen) atoms. The van der Waals surface area contributed by atoms with Crippen molar-refractivity contribution in [2.45, 2.75) is 49.9 Å². The van der Waals surface area contributed by atoms with Crippen molar-refractivity contribution in [2.24, 2.45) is 0 Å². The molecule has 0 saturated carbocycles. The molecular weight excluding hydrogens is 266 g/mol. The molecule has 0 aliphatic heterocycles. The highest BCUT2D eigenvalue weighted by molar-refractivity contribution is 8.00. The van der Waals surface area contributed by atoms with Gasteiger partial charge in [-0.15, -0.1) is 11.8 Å². The zero-order chi connectivity index (χ0) is 14.4. The van der Waals surface area contributed by atoms with Crippen molar-refractivity contribution in [3.05, 3.63) is 41.5 Å². The van der Waals surface area contributed by atoms with Crippen LogP contribution in [0.2, 0.25) is 0 Å². The molecule has 1 rings (SSSR count). The summed E-state index contributed by atoms with van der Waals surface area (Å²) in [6.45, 7) is 5.81. The van der Waals surface area contributed by atoms with E-state index in [2.05, 4.69) is 0 Å². The van der Waals surface area contributed by atoms with E-state index in [-0.39, 0.29) is 0 Å². The van der Waals surface area contributed by atoms with Crippen molar-refractivity contribution < 1.29 is 13.9 Å². The van der Waals surface area contributed by atoms with Crippen LogP contribution in [0.5, 0.6) is 0 Å².